The van der Waals surface area contributed by atoms with Crippen molar-refractivity contribution in [3.8, 4) is 11.5 Å². The van der Waals surface area contributed by atoms with Crippen molar-refractivity contribution < 1.29 is 23.8 Å². The van der Waals surface area contributed by atoms with Crippen LogP contribution in [0.4, 0.5) is 0 Å². The lowest BCUT2D eigenvalue weighted by atomic mass is 9.71. The maximum atomic E-state index is 13.5. The topological polar surface area (TPSA) is 73.9 Å². The SMILES string of the molecule is COC(=O)C1=C(C)NC2=C(C(=O)C[C@H](c3ccc4c(c3)OCO4)C2)[C@@H]1c1ccc(Br)cc1. The third-order valence-electron chi connectivity index (χ3n) is 6.30. The lowest BCUT2D eigenvalue weighted by Crippen LogP contribution is -2.36. The minimum atomic E-state index is -0.461. The van der Waals surface area contributed by atoms with Crippen molar-refractivity contribution in [2.45, 2.75) is 31.6 Å². The van der Waals surface area contributed by atoms with Gasteiger partial charge in [-0.2, -0.15) is 0 Å². The molecule has 2 aromatic carbocycles. The number of nitrogens with one attached hydrogen (secondary N) is 1. The number of esters is 1. The van der Waals surface area contributed by atoms with Gasteiger partial charge in [-0.3, -0.25) is 4.79 Å². The van der Waals surface area contributed by atoms with Crippen molar-refractivity contribution >= 4 is 27.7 Å². The molecule has 164 valence electrons. The molecule has 0 bridgehead atoms. The van der Waals surface area contributed by atoms with E-state index in [0.717, 1.165) is 27.0 Å². The standard InChI is InChI=1S/C25H22BrNO5/c1-13-22(25(29)30-2)23(14-3-6-17(26)7-4-14)24-18(27-13)9-16(10-19(24)28)15-5-8-20-21(11-15)32-12-31-20/h3-8,11,16,23,27H,9-10,12H2,1-2H3/t16-,23-/m1/s1. The monoisotopic (exact) mass is 495 g/mol. The van der Waals surface area contributed by atoms with Crippen LogP contribution in [-0.4, -0.2) is 25.7 Å². The lowest BCUT2D eigenvalue weighted by Gasteiger charge is -2.36. The zero-order chi connectivity index (χ0) is 22.4. The van der Waals surface area contributed by atoms with Crippen molar-refractivity contribution in [2.24, 2.45) is 0 Å². The number of hydrogen-bond acceptors (Lipinski definition) is 6. The van der Waals surface area contributed by atoms with E-state index < -0.39 is 11.9 Å². The Bertz CT molecular complexity index is 1180. The molecular formula is C25H22BrNO5. The number of rotatable bonds is 3. The number of dihydropyridines is 1. The summed E-state index contributed by atoms with van der Waals surface area (Å²) < 4.78 is 16.9. The Morgan fingerprint density at radius 1 is 1.06 bits per heavy atom. The number of allylic oxidation sites excluding steroid dienone is 3. The predicted molar refractivity (Wildman–Crippen MR) is 121 cm³/mol. The van der Waals surface area contributed by atoms with Gasteiger partial charge in [0.2, 0.25) is 6.79 Å². The van der Waals surface area contributed by atoms with Crippen molar-refractivity contribution in [1.29, 1.82) is 0 Å². The molecule has 2 aromatic rings. The Morgan fingerprint density at radius 3 is 2.53 bits per heavy atom. The van der Waals surface area contributed by atoms with Gasteiger partial charge in [-0.25, -0.2) is 4.79 Å². The van der Waals surface area contributed by atoms with Gasteiger partial charge in [0.25, 0.3) is 0 Å². The largest absolute Gasteiger partial charge is 0.466 e. The van der Waals surface area contributed by atoms with E-state index >= 15 is 0 Å². The Morgan fingerprint density at radius 2 is 1.78 bits per heavy atom. The highest BCUT2D eigenvalue weighted by Gasteiger charge is 2.41. The molecule has 1 N–H and O–H groups in total. The van der Waals surface area contributed by atoms with Crippen molar-refractivity contribution in [1.82, 2.24) is 5.32 Å². The highest BCUT2D eigenvalue weighted by atomic mass is 79.9. The quantitative estimate of drug-likeness (QED) is 0.621. The summed E-state index contributed by atoms with van der Waals surface area (Å²) >= 11 is 3.46. The Balaban J connectivity index is 1.56. The molecule has 0 spiro atoms. The van der Waals surface area contributed by atoms with Crippen LogP contribution in [0, 0.1) is 0 Å². The van der Waals surface area contributed by atoms with Crippen LogP contribution in [0.15, 0.2) is 69.5 Å². The van der Waals surface area contributed by atoms with Crippen LogP contribution in [0.1, 0.15) is 42.7 Å². The molecule has 0 saturated heterocycles. The number of ether oxygens (including phenoxy) is 3. The molecule has 6 nitrogen and oxygen atoms in total. The van der Waals surface area contributed by atoms with Crippen LogP contribution in [0.5, 0.6) is 11.5 Å². The van der Waals surface area contributed by atoms with Gasteiger partial charge >= 0.3 is 5.97 Å². The third kappa shape index (κ3) is 3.50. The molecule has 0 saturated carbocycles. The predicted octanol–water partition coefficient (Wildman–Crippen LogP) is 4.71. The first-order valence-electron chi connectivity index (χ1n) is 10.4. The number of halogens is 1. The first-order chi connectivity index (χ1) is 15.5. The smallest absolute Gasteiger partial charge is 0.336 e. The van der Waals surface area contributed by atoms with E-state index in [4.69, 9.17) is 14.2 Å². The van der Waals surface area contributed by atoms with E-state index in [-0.39, 0.29) is 18.5 Å². The second kappa shape index (κ2) is 8.13. The summed E-state index contributed by atoms with van der Waals surface area (Å²) in [5.41, 5.74) is 4.62. The number of ketones is 1. The van der Waals surface area contributed by atoms with Gasteiger partial charge in [0.05, 0.1) is 12.7 Å². The van der Waals surface area contributed by atoms with Gasteiger partial charge in [-0.15, -0.1) is 0 Å². The molecule has 1 aliphatic carbocycles. The molecule has 0 radical (unpaired) electrons. The summed E-state index contributed by atoms with van der Waals surface area (Å²) in [4.78, 5) is 26.2. The summed E-state index contributed by atoms with van der Waals surface area (Å²) in [5.74, 6) is 0.591. The zero-order valence-electron chi connectivity index (χ0n) is 17.7. The number of carbonyl (C=O) groups is 2. The normalized spacial score (nSPS) is 21.9. The molecule has 2 heterocycles. The summed E-state index contributed by atoms with van der Waals surface area (Å²) in [6.45, 7) is 2.07. The van der Waals surface area contributed by atoms with E-state index in [2.05, 4.69) is 21.2 Å². The van der Waals surface area contributed by atoms with Crippen molar-refractivity contribution in [3.63, 3.8) is 0 Å². The first-order valence-corrected chi connectivity index (χ1v) is 11.2. The molecule has 2 aliphatic heterocycles. The second-order valence-electron chi connectivity index (χ2n) is 8.17. The average Bonchev–Trinajstić information content (AvgIpc) is 3.26. The molecule has 32 heavy (non-hydrogen) atoms. The molecular weight excluding hydrogens is 474 g/mol. The lowest BCUT2D eigenvalue weighted by molar-refractivity contribution is -0.136. The number of fused-ring (bicyclic) bond motifs is 1. The molecule has 5 rings (SSSR count). The maximum absolute atomic E-state index is 13.5. The number of methoxy groups -OCH3 is 1. The van der Waals surface area contributed by atoms with E-state index in [9.17, 15) is 9.59 Å². The van der Waals surface area contributed by atoms with Crippen molar-refractivity contribution in [3.05, 3.63) is 80.6 Å². The summed E-state index contributed by atoms with van der Waals surface area (Å²) in [7, 11) is 1.36. The number of Topliss-reactive ketones (excluding diaryl/α,β-unsaturated/α-hetero) is 1. The van der Waals surface area contributed by atoms with Crippen LogP contribution in [-0.2, 0) is 14.3 Å². The fourth-order valence-electron chi connectivity index (χ4n) is 4.81. The summed E-state index contributed by atoms with van der Waals surface area (Å²) in [6.07, 6.45) is 1.03. The molecule has 2 atom stereocenters. The maximum Gasteiger partial charge on any atom is 0.336 e. The van der Waals surface area contributed by atoms with E-state index in [1.165, 1.54) is 7.11 Å². The van der Waals surface area contributed by atoms with Crippen LogP contribution in [0.3, 0.4) is 0 Å². The van der Waals surface area contributed by atoms with Gasteiger partial charge in [-0.1, -0.05) is 34.1 Å². The number of benzene rings is 2. The molecule has 0 amide bonds. The molecule has 7 heteroatoms. The molecule has 0 unspecified atom stereocenters. The second-order valence-corrected chi connectivity index (χ2v) is 9.09. The van der Waals surface area contributed by atoms with Gasteiger partial charge in [0, 0.05) is 33.8 Å². The molecule has 0 fully saturated rings. The number of carbonyl (C=O) groups excluding carboxylic acids is 2. The Kier molecular flexibility index (Phi) is 5.29. The van der Waals surface area contributed by atoms with Gasteiger partial charge in [0.1, 0.15) is 0 Å². The van der Waals surface area contributed by atoms with E-state index in [1.54, 1.807) is 0 Å². The van der Waals surface area contributed by atoms with E-state index in [0.29, 0.717) is 35.4 Å². The van der Waals surface area contributed by atoms with Gasteiger partial charge in [0.15, 0.2) is 17.3 Å². The minimum absolute atomic E-state index is 0.0151. The third-order valence-corrected chi connectivity index (χ3v) is 6.83. The minimum Gasteiger partial charge on any atom is -0.466 e. The molecule has 0 aromatic heterocycles. The number of hydrogen-bond donors (Lipinski definition) is 1. The summed E-state index contributed by atoms with van der Waals surface area (Å²) in [5, 5.41) is 3.35. The van der Waals surface area contributed by atoms with Crippen LogP contribution < -0.4 is 14.8 Å². The Labute approximate surface area is 194 Å². The zero-order valence-corrected chi connectivity index (χ0v) is 19.3. The van der Waals surface area contributed by atoms with Gasteiger partial charge in [-0.05, 0) is 54.7 Å². The summed E-state index contributed by atoms with van der Waals surface area (Å²) in [6, 6.07) is 13.6. The first kappa shape index (κ1) is 20.8. The molecule has 3 aliphatic rings. The average molecular weight is 496 g/mol. The fourth-order valence-corrected chi connectivity index (χ4v) is 5.08. The van der Waals surface area contributed by atoms with E-state index in [1.807, 2.05) is 49.4 Å². The fraction of sp³-hybridized carbons (Fsp3) is 0.280. The van der Waals surface area contributed by atoms with Gasteiger partial charge < -0.3 is 19.5 Å². The van der Waals surface area contributed by atoms with Crippen LogP contribution in [0.25, 0.3) is 0 Å². The highest BCUT2D eigenvalue weighted by molar-refractivity contribution is 9.10. The van der Waals surface area contributed by atoms with Crippen molar-refractivity contribution in [2.75, 3.05) is 13.9 Å². The van der Waals surface area contributed by atoms with Crippen LogP contribution >= 0.6 is 15.9 Å². The Hall–Kier alpha value is -3.06. The van der Waals surface area contributed by atoms with Crippen LogP contribution in [0.2, 0.25) is 0 Å². The highest BCUT2D eigenvalue weighted by Crippen LogP contribution is 2.46.